The second-order valence-corrected chi connectivity index (χ2v) is 7.02. The highest BCUT2D eigenvalue weighted by molar-refractivity contribution is 8.00. The molecule has 5 heteroatoms. The first kappa shape index (κ1) is 18.8. The van der Waals surface area contributed by atoms with Crippen molar-refractivity contribution >= 4 is 29.3 Å². The van der Waals surface area contributed by atoms with Gasteiger partial charge >= 0.3 is 0 Å². The number of benzene rings is 2. The first-order chi connectivity index (χ1) is 12.0. The Morgan fingerprint density at radius 3 is 2.52 bits per heavy atom. The second kappa shape index (κ2) is 9.08. The molecule has 0 aromatic heterocycles. The molecule has 0 aliphatic rings. The van der Waals surface area contributed by atoms with Crippen LogP contribution in [0, 0.1) is 6.92 Å². The first-order valence-electron chi connectivity index (χ1n) is 8.03. The van der Waals surface area contributed by atoms with Crippen LogP contribution in [0.15, 0.2) is 66.1 Å². The number of carbonyl (C=O) groups excluding carboxylic acids is 2. The fourth-order valence-corrected chi connectivity index (χ4v) is 3.03. The van der Waals surface area contributed by atoms with Crippen molar-refractivity contribution in [2.45, 2.75) is 24.0 Å². The van der Waals surface area contributed by atoms with Crippen molar-refractivity contribution in [3.63, 3.8) is 0 Å². The van der Waals surface area contributed by atoms with E-state index in [0.29, 0.717) is 17.8 Å². The molecule has 0 heterocycles. The van der Waals surface area contributed by atoms with E-state index in [2.05, 4.69) is 17.2 Å². The number of para-hydroxylation sites is 1. The van der Waals surface area contributed by atoms with Crippen LogP contribution in [-0.2, 0) is 4.79 Å². The zero-order valence-electron chi connectivity index (χ0n) is 14.4. The summed E-state index contributed by atoms with van der Waals surface area (Å²) in [5.74, 6) is -0.385. The minimum Gasteiger partial charge on any atom is -0.349 e. The predicted octanol–water partition coefficient (Wildman–Crippen LogP) is 4.03. The van der Waals surface area contributed by atoms with E-state index in [4.69, 9.17) is 0 Å². The molecule has 0 fully saturated rings. The highest BCUT2D eigenvalue weighted by atomic mass is 32.2. The van der Waals surface area contributed by atoms with Crippen LogP contribution < -0.4 is 10.6 Å². The van der Waals surface area contributed by atoms with E-state index in [-0.39, 0.29) is 17.1 Å². The van der Waals surface area contributed by atoms with Crippen molar-refractivity contribution in [2.24, 2.45) is 0 Å². The number of hydrogen-bond donors (Lipinski definition) is 2. The van der Waals surface area contributed by atoms with E-state index in [0.717, 1.165) is 4.90 Å². The Balaban J connectivity index is 2.05. The highest BCUT2D eigenvalue weighted by Crippen LogP contribution is 2.25. The minimum atomic E-state index is -0.285. The SMILES string of the molecule is C=CCNC(=O)c1ccccc1NC(=O)[C@H](C)Sc1ccc(C)cc1. The fraction of sp³-hybridized carbons (Fsp3) is 0.200. The Morgan fingerprint density at radius 1 is 1.16 bits per heavy atom. The third-order valence-corrected chi connectivity index (χ3v) is 4.65. The molecule has 130 valence electrons. The van der Waals surface area contributed by atoms with Crippen molar-refractivity contribution in [1.29, 1.82) is 0 Å². The molecule has 2 aromatic carbocycles. The van der Waals surface area contributed by atoms with Gasteiger partial charge in [0, 0.05) is 11.4 Å². The Bertz CT molecular complexity index is 757. The molecule has 2 aromatic rings. The number of carbonyl (C=O) groups is 2. The maximum absolute atomic E-state index is 12.5. The third-order valence-electron chi connectivity index (χ3n) is 3.54. The van der Waals surface area contributed by atoms with Crippen LogP contribution in [0.25, 0.3) is 0 Å². The van der Waals surface area contributed by atoms with Gasteiger partial charge in [-0.25, -0.2) is 0 Å². The van der Waals surface area contributed by atoms with Crippen molar-refractivity contribution in [3.05, 3.63) is 72.3 Å². The molecule has 0 unspecified atom stereocenters. The molecule has 2 rings (SSSR count). The van der Waals surface area contributed by atoms with E-state index in [1.165, 1.54) is 17.3 Å². The molecule has 0 bridgehead atoms. The van der Waals surface area contributed by atoms with Crippen LogP contribution in [-0.4, -0.2) is 23.6 Å². The monoisotopic (exact) mass is 354 g/mol. The summed E-state index contributed by atoms with van der Waals surface area (Å²) >= 11 is 1.48. The number of amides is 2. The van der Waals surface area contributed by atoms with E-state index < -0.39 is 0 Å². The van der Waals surface area contributed by atoms with Gasteiger partial charge in [0.2, 0.25) is 5.91 Å². The van der Waals surface area contributed by atoms with Crippen molar-refractivity contribution in [1.82, 2.24) is 5.32 Å². The number of thioether (sulfide) groups is 1. The molecule has 0 saturated heterocycles. The van der Waals surface area contributed by atoms with Crippen LogP contribution in [0.1, 0.15) is 22.8 Å². The quantitative estimate of drug-likeness (QED) is 0.583. The molecular formula is C20H22N2O2S. The lowest BCUT2D eigenvalue weighted by atomic mass is 10.1. The average molecular weight is 354 g/mol. The Morgan fingerprint density at radius 2 is 1.84 bits per heavy atom. The fourth-order valence-electron chi connectivity index (χ4n) is 2.16. The molecule has 1 atom stereocenters. The number of rotatable bonds is 7. The summed E-state index contributed by atoms with van der Waals surface area (Å²) in [7, 11) is 0. The molecule has 2 amide bonds. The van der Waals surface area contributed by atoms with Crippen LogP contribution in [0.4, 0.5) is 5.69 Å². The molecule has 0 saturated carbocycles. The van der Waals surface area contributed by atoms with Gasteiger partial charge in [-0.3, -0.25) is 9.59 Å². The number of nitrogens with one attached hydrogen (secondary N) is 2. The molecule has 0 aliphatic heterocycles. The summed E-state index contributed by atoms with van der Waals surface area (Å²) in [6, 6.07) is 15.0. The van der Waals surface area contributed by atoms with Crippen molar-refractivity contribution in [2.75, 3.05) is 11.9 Å². The molecule has 0 aliphatic carbocycles. The summed E-state index contributed by atoms with van der Waals surface area (Å²) in [6.45, 7) is 7.83. The largest absolute Gasteiger partial charge is 0.349 e. The van der Waals surface area contributed by atoms with E-state index in [9.17, 15) is 9.59 Å². The van der Waals surface area contributed by atoms with Gasteiger partial charge in [-0.2, -0.15) is 0 Å². The average Bonchev–Trinajstić information content (AvgIpc) is 2.62. The first-order valence-corrected chi connectivity index (χ1v) is 8.91. The van der Waals surface area contributed by atoms with Gasteiger partial charge in [0.05, 0.1) is 16.5 Å². The van der Waals surface area contributed by atoms with Crippen LogP contribution in [0.2, 0.25) is 0 Å². The lowest BCUT2D eigenvalue weighted by Gasteiger charge is -2.14. The van der Waals surface area contributed by atoms with Gasteiger partial charge in [-0.05, 0) is 38.1 Å². The summed E-state index contributed by atoms with van der Waals surface area (Å²) in [6.07, 6.45) is 1.61. The normalized spacial score (nSPS) is 11.4. The van der Waals surface area contributed by atoms with Gasteiger partial charge in [-0.15, -0.1) is 18.3 Å². The van der Waals surface area contributed by atoms with Gasteiger partial charge in [0.25, 0.3) is 5.91 Å². The summed E-state index contributed by atoms with van der Waals surface area (Å²) in [5.41, 5.74) is 2.12. The zero-order chi connectivity index (χ0) is 18.2. The summed E-state index contributed by atoms with van der Waals surface area (Å²) in [5, 5.41) is 5.29. The molecule has 0 spiro atoms. The standard InChI is InChI=1S/C20H22N2O2S/c1-4-13-21-20(24)17-7-5-6-8-18(17)22-19(23)15(3)25-16-11-9-14(2)10-12-16/h4-12,15H,1,13H2,2-3H3,(H,21,24)(H,22,23)/t15-/m0/s1. The van der Waals surface area contributed by atoms with Crippen LogP contribution >= 0.6 is 11.8 Å². The van der Waals surface area contributed by atoms with Gasteiger partial charge in [0.1, 0.15) is 0 Å². The van der Waals surface area contributed by atoms with Gasteiger partial charge < -0.3 is 10.6 Å². The number of aryl methyl sites for hydroxylation is 1. The zero-order valence-corrected chi connectivity index (χ0v) is 15.2. The Hall–Kier alpha value is -2.53. The third kappa shape index (κ3) is 5.50. The number of hydrogen-bond acceptors (Lipinski definition) is 3. The molecule has 25 heavy (non-hydrogen) atoms. The smallest absolute Gasteiger partial charge is 0.253 e. The lowest BCUT2D eigenvalue weighted by Crippen LogP contribution is -2.27. The van der Waals surface area contributed by atoms with E-state index >= 15 is 0 Å². The second-order valence-electron chi connectivity index (χ2n) is 5.61. The molecular weight excluding hydrogens is 332 g/mol. The lowest BCUT2D eigenvalue weighted by molar-refractivity contribution is -0.115. The van der Waals surface area contributed by atoms with E-state index in [1.807, 2.05) is 38.1 Å². The van der Waals surface area contributed by atoms with Gasteiger partial charge in [-0.1, -0.05) is 35.9 Å². The van der Waals surface area contributed by atoms with Gasteiger partial charge in [0.15, 0.2) is 0 Å². The van der Waals surface area contributed by atoms with Crippen LogP contribution in [0.5, 0.6) is 0 Å². The van der Waals surface area contributed by atoms with E-state index in [1.54, 1.807) is 30.3 Å². The molecule has 2 N–H and O–H groups in total. The molecule has 4 nitrogen and oxygen atoms in total. The van der Waals surface area contributed by atoms with Crippen molar-refractivity contribution in [3.8, 4) is 0 Å². The maximum Gasteiger partial charge on any atom is 0.253 e. The van der Waals surface area contributed by atoms with Crippen molar-refractivity contribution < 1.29 is 9.59 Å². The summed E-state index contributed by atoms with van der Waals surface area (Å²) < 4.78 is 0. The Labute approximate surface area is 152 Å². The highest BCUT2D eigenvalue weighted by Gasteiger charge is 2.17. The Kier molecular flexibility index (Phi) is 6.83. The molecule has 0 radical (unpaired) electrons. The predicted molar refractivity (Wildman–Crippen MR) is 104 cm³/mol. The summed E-state index contributed by atoms with van der Waals surface area (Å²) in [4.78, 5) is 25.7. The minimum absolute atomic E-state index is 0.144. The maximum atomic E-state index is 12.5. The van der Waals surface area contributed by atoms with Crippen LogP contribution in [0.3, 0.4) is 0 Å². The number of anilines is 1. The topological polar surface area (TPSA) is 58.2 Å².